The van der Waals surface area contributed by atoms with Crippen LogP contribution >= 0.6 is 0 Å². The number of piperazine rings is 1. The van der Waals surface area contributed by atoms with Gasteiger partial charge in [0.15, 0.2) is 0 Å². The molecular weight excluding hydrogens is 412 g/mol. The molecule has 1 amide bonds. The van der Waals surface area contributed by atoms with E-state index in [1.165, 1.54) is 16.1 Å². The SMILES string of the molecule is CN1CCN(S(=O)(=O)c2cccc(C(=O)N3CCc4[nH]c5ccccc5c4C3)c2)CC1. The van der Waals surface area contributed by atoms with Crippen LogP contribution in [0.1, 0.15) is 21.6 Å². The summed E-state index contributed by atoms with van der Waals surface area (Å²) in [6.07, 6.45) is 0.759. The molecule has 5 rings (SSSR count). The van der Waals surface area contributed by atoms with Crippen molar-refractivity contribution >= 4 is 26.8 Å². The highest BCUT2D eigenvalue weighted by Gasteiger charge is 2.29. The molecule has 1 aromatic heterocycles. The number of sulfonamides is 1. The van der Waals surface area contributed by atoms with Crippen molar-refractivity contribution in [2.24, 2.45) is 0 Å². The lowest BCUT2D eigenvalue weighted by Crippen LogP contribution is -2.47. The summed E-state index contributed by atoms with van der Waals surface area (Å²) in [4.78, 5) is 20.8. The number of likely N-dealkylation sites (N-methyl/N-ethyl adjacent to an activating group) is 1. The summed E-state index contributed by atoms with van der Waals surface area (Å²) in [7, 11) is -1.62. The van der Waals surface area contributed by atoms with E-state index in [0.717, 1.165) is 22.9 Å². The van der Waals surface area contributed by atoms with E-state index >= 15 is 0 Å². The lowest BCUT2D eigenvalue weighted by Gasteiger charge is -2.31. The van der Waals surface area contributed by atoms with Crippen molar-refractivity contribution in [3.8, 4) is 0 Å². The molecule has 3 aromatic rings. The molecule has 3 heterocycles. The van der Waals surface area contributed by atoms with E-state index in [-0.39, 0.29) is 10.8 Å². The first-order chi connectivity index (χ1) is 14.9. The maximum atomic E-state index is 13.3. The maximum absolute atomic E-state index is 13.3. The Bertz CT molecular complexity index is 1240. The lowest BCUT2D eigenvalue weighted by molar-refractivity contribution is 0.0735. The van der Waals surface area contributed by atoms with E-state index in [4.69, 9.17) is 0 Å². The van der Waals surface area contributed by atoms with Gasteiger partial charge in [-0.1, -0.05) is 24.3 Å². The number of carbonyl (C=O) groups excluding carboxylic acids is 1. The average molecular weight is 439 g/mol. The highest BCUT2D eigenvalue weighted by Crippen LogP contribution is 2.28. The summed E-state index contributed by atoms with van der Waals surface area (Å²) in [5, 5.41) is 1.14. The molecule has 0 radical (unpaired) electrons. The van der Waals surface area contributed by atoms with E-state index in [1.807, 2.05) is 30.1 Å². The Kier molecular flexibility index (Phi) is 5.08. The van der Waals surface area contributed by atoms with Crippen molar-refractivity contribution in [1.29, 1.82) is 0 Å². The first-order valence-corrected chi connectivity index (χ1v) is 12.0. The molecule has 162 valence electrons. The van der Waals surface area contributed by atoms with Crippen LogP contribution in [0.3, 0.4) is 0 Å². The highest BCUT2D eigenvalue weighted by atomic mass is 32.2. The molecule has 1 N–H and O–H groups in total. The first kappa shape index (κ1) is 20.2. The van der Waals surface area contributed by atoms with Gasteiger partial charge in [0.25, 0.3) is 5.91 Å². The Morgan fingerprint density at radius 3 is 2.55 bits per heavy atom. The molecule has 0 unspecified atom stereocenters. The van der Waals surface area contributed by atoms with Crippen molar-refractivity contribution in [3.63, 3.8) is 0 Å². The van der Waals surface area contributed by atoms with Gasteiger partial charge in [0.1, 0.15) is 0 Å². The van der Waals surface area contributed by atoms with E-state index in [2.05, 4.69) is 16.0 Å². The number of nitrogens with zero attached hydrogens (tertiary/aromatic N) is 3. The van der Waals surface area contributed by atoms with Crippen LogP contribution in [-0.4, -0.2) is 73.2 Å². The minimum absolute atomic E-state index is 0.133. The Morgan fingerprint density at radius 2 is 1.74 bits per heavy atom. The molecule has 31 heavy (non-hydrogen) atoms. The van der Waals surface area contributed by atoms with Crippen LogP contribution in [0, 0.1) is 0 Å². The summed E-state index contributed by atoms with van der Waals surface area (Å²) in [6.45, 7) is 3.47. The fourth-order valence-corrected chi connectivity index (χ4v) is 5.96. The van der Waals surface area contributed by atoms with Gasteiger partial charge < -0.3 is 14.8 Å². The number of hydrogen-bond donors (Lipinski definition) is 1. The highest BCUT2D eigenvalue weighted by molar-refractivity contribution is 7.89. The second kappa shape index (κ2) is 7.78. The first-order valence-electron chi connectivity index (χ1n) is 10.6. The number of aromatic amines is 1. The molecular formula is C23H26N4O3S. The van der Waals surface area contributed by atoms with Gasteiger partial charge in [-0.2, -0.15) is 4.31 Å². The van der Waals surface area contributed by atoms with E-state index in [1.54, 1.807) is 18.2 Å². The second-order valence-electron chi connectivity index (χ2n) is 8.34. The maximum Gasteiger partial charge on any atom is 0.254 e. The van der Waals surface area contributed by atoms with Crippen molar-refractivity contribution in [1.82, 2.24) is 19.1 Å². The van der Waals surface area contributed by atoms with Gasteiger partial charge in [-0.15, -0.1) is 0 Å². The van der Waals surface area contributed by atoms with Crippen LogP contribution in [0.4, 0.5) is 0 Å². The van der Waals surface area contributed by atoms with Gasteiger partial charge in [-0.3, -0.25) is 4.79 Å². The summed E-state index contributed by atoms with van der Waals surface area (Å²) in [5.41, 5.74) is 3.83. The number of benzene rings is 2. The number of H-pyrrole nitrogens is 1. The Balaban J connectivity index is 1.39. The van der Waals surface area contributed by atoms with Gasteiger partial charge in [-0.25, -0.2) is 8.42 Å². The van der Waals surface area contributed by atoms with Gasteiger partial charge in [0.2, 0.25) is 10.0 Å². The van der Waals surface area contributed by atoms with Crippen molar-refractivity contribution in [3.05, 3.63) is 65.4 Å². The van der Waals surface area contributed by atoms with Crippen LogP contribution < -0.4 is 0 Å². The fraction of sp³-hybridized carbons (Fsp3) is 0.348. The normalized spacial score (nSPS) is 18.3. The van der Waals surface area contributed by atoms with Crippen LogP contribution in [0.15, 0.2) is 53.4 Å². The smallest absolute Gasteiger partial charge is 0.254 e. The predicted molar refractivity (Wildman–Crippen MR) is 119 cm³/mol. The molecule has 0 saturated carbocycles. The van der Waals surface area contributed by atoms with Crippen molar-refractivity contribution in [2.75, 3.05) is 39.8 Å². The minimum atomic E-state index is -3.61. The number of rotatable bonds is 3. The molecule has 1 saturated heterocycles. The average Bonchev–Trinajstić information content (AvgIpc) is 3.17. The standard InChI is InChI=1S/C23H26N4O3S/c1-25-11-13-27(14-12-25)31(29,30)18-6-4-5-17(15-18)23(28)26-10-9-22-20(16-26)19-7-2-3-8-21(19)24-22/h2-8,15,24H,9-14,16H2,1H3. The summed E-state index contributed by atoms with van der Waals surface area (Å²) >= 11 is 0. The number of hydrogen-bond acceptors (Lipinski definition) is 4. The molecule has 0 aliphatic carbocycles. The minimum Gasteiger partial charge on any atom is -0.358 e. The molecule has 2 aliphatic heterocycles. The number of para-hydroxylation sites is 1. The third-order valence-corrected chi connectivity index (χ3v) is 8.25. The number of aromatic nitrogens is 1. The predicted octanol–water partition coefficient (Wildman–Crippen LogP) is 2.30. The number of amides is 1. The third kappa shape index (κ3) is 3.64. The monoisotopic (exact) mass is 438 g/mol. The van der Waals surface area contributed by atoms with Gasteiger partial charge >= 0.3 is 0 Å². The van der Waals surface area contributed by atoms with Gasteiger partial charge in [-0.05, 0) is 31.3 Å². The molecule has 0 bridgehead atoms. The van der Waals surface area contributed by atoms with Crippen molar-refractivity contribution < 1.29 is 13.2 Å². The van der Waals surface area contributed by atoms with E-state index in [0.29, 0.717) is 44.8 Å². The Hall–Kier alpha value is -2.68. The van der Waals surface area contributed by atoms with E-state index in [9.17, 15) is 13.2 Å². The van der Waals surface area contributed by atoms with Crippen molar-refractivity contribution in [2.45, 2.75) is 17.9 Å². The molecule has 0 atom stereocenters. The number of carbonyl (C=O) groups is 1. The molecule has 8 heteroatoms. The molecule has 1 fully saturated rings. The quantitative estimate of drug-likeness (QED) is 0.681. The zero-order chi connectivity index (χ0) is 21.6. The van der Waals surface area contributed by atoms with Crippen LogP contribution in [0.5, 0.6) is 0 Å². The molecule has 7 nitrogen and oxygen atoms in total. The number of fused-ring (bicyclic) bond motifs is 3. The molecule has 2 aliphatic rings. The lowest BCUT2D eigenvalue weighted by atomic mass is 10.0. The van der Waals surface area contributed by atoms with Crippen LogP contribution in [0.2, 0.25) is 0 Å². The fourth-order valence-electron chi connectivity index (χ4n) is 4.49. The summed E-state index contributed by atoms with van der Waals surface area (Å²) in [5.74, 6) is -0.133. The Labute approximate surface area is 182 Å². The van der Waals surface area contributed by atoms with Gasteiger partial charge in [0, 0.05) is 73.4 Å². The summed E-state index contributed by atoms with van der Waals surface area (Å²) < 4.78 is 27.7. The van der Waals surface area contributed by atoms with Crippen LogP contribution in [0.25, 0.3) is 10.9 Å². The largest absolute Gasteiger partial charge is 0.358 e. The summed E-state index contributed by atoms with van der Waals surface area (Å²) in [6, 6.07) is 14.6. The van der Waals surface area contributed by atoms with E-state index < -0.39 is 10.0 Å². The second-order valence-corrected chi connectivity index (χ2v) is 10.3. The van der Waals surface area contributed by atoms with Gasteiger partial charge in [0.05, 0.1) is 4.90 Å². The molecule has 2 aromatic carbocycles. The zero-order valence-electron chi connectivity index (χ0n) is 17.5. The zero-order valence-corrected chi connectivity index (χ0v) is 18.4. The third-order valence-electron chi connectivity index (χ3n) is 6.35. The Morgan fingerprint density at radius 1 is 0.968 bits per heavy atom. The van der Waals surface area contributed by atoms with Crippen LogP contribution in [-0.2, 0) is 23.0 Å². The topological polar surface area (TPSA) is 76.7 Å². The molecule has 0 spiro atoms. The number of nitrogens with one attached hydrogen (secondary N) is 1.